The highest BCUT2D eigenvalue weighted by Crippen LogP contribution is 2.07. The lowest BCUT2D eigenvalue weighted by atomic mass is 10.1. The van der Waals surface area contributed by atoms with Crippen LogP contribution < -0.4 is 5.32 Å². The lowest BCUT2D eigenvalue weighted by molar-refractivity contribution is 0.0496. The van der Waals surface area contributed by atoms with E-state index in [1.807, 2.05) is 0 Å². The molecule has 0 aliphatic heterocycles. The number of nitrogens with one attached hydrogen (secondary N) is 1. The number of ether oxygens (including phenoxy) is 1. The Kier molecular flexibility index (Phi) is 4.11. The molecule has 1 aromatic rings. The highest BCUT2D eigenvalue weighted by atomic mass is 16.6. The zero-order valence-corrected chi connectivity index (χ0v) is 11.4. The fraction of sp³-hybridized carbons (Fsp3) is 0.583. The smallest absolute Gasteiger partial charge is 0.408 e. The van der Waals surface area contributed by atoms with E-state index in [2.05, 4.69) is 10.4 Å². The van der Waals surface area contributed by atoms with E-state index < -0.39 is 17.7 Å². The molecule has 0 saturated carbocycles. The fourth-order valence-corrected chi connectivity index (χ4v) is 1.32. The van der Waals surface area contributed by atoms with Crippen LogP contribution in [0.25, 0.3) is 0 Å². The van der Waals surface area contributed by atoms with Crippen LogP contribution in [0.15, 0.2) is 12.3 Å². The molecular weight excluding hydrogens is 234 g/mol. The van der Waals surface area contributed by atoms with Gasteiger partial charge in [-0.25, -0.2) is 4.79 Å². The van der Waals surface area contributed by atoms with Crippen LogP contribution in [0.3, 0.4) is 0 Å². The predicted octanol–water partition coefficient (Wildman–Crippen LogP) is 1.52. The maximum Gasteiger partial charge on any atom is 0.408 e. The van der Waals surface area contributed by atoms with E-state index in [-0.39, 0.29) is 5.78 Å². The Morgan fingerprint density at radius 1 is 1.44 bits per heavy atom. The van der Waals surface area contributed by atoms with Gasteiger partial charge in [0, 0.05) is 13.2 Å². The number of carbonyl (C=O) groups excluding carboxylic acids is 2. The normalized spacial score (nSPS) is 12.9. The first-order chi connectivity index (χ1) is 8.19. The minimum Gasteiger partial charge on any atom is -0.444 e. The van der Waals surface area contributed by atoms with Crippen molar-refractivity contribution in [3.8, 4) is 0 Å². The van der Waals surface area contributed by atoms with Crippen LogP contribution in [0.2, 0.25) is 0 Å². The lowest BCUT2D eigenvalue weighted by Crippen LogP contribution is -2.41. The monoisotopic (exact) mass is 253 g/mol. The molecule has 1 atom stereocenters. The van der Waals surface area contributed by atoms with Gasteiger partial charge in [-0.3, -0.25) is 9.48 Å². The van der Waals surface area contributed by atoms with Gasteiger partial charge >= 0.3 is 6.09 Å². The quantitative estimate of drug-likeness (QED) is 0.829. The molecule has 0 aromatic carbocycles. The number of nitrogens with zero attached hydrogens (tertiary/aromatic N) is 2. The Labute approximate surface area is 106 Å². The van der Waals surface area contributed by atoms with Crippen molar-refractivity contribution in [2.45, 2.75) is 39.3 Å². The van der Waals surface area contributed by atoms with Crippen molar-refractivity contribution >= 4 is 11.9 Å². The van der Waals surface area contributed by atoms with Gasteiger partial charge in [0.1, 0.15) is 11.3 Å². The maximum atomic E-state index is 11.9. The molecule has 0 aliphatic carbocycles. The standard InChI is InChI=1S/C12H19N3O3/c1-8(13-11(17)18-12(2,3)4)10(16)9-6-7-15(5)14-9/h6-8H,1-5H3,(H,13,17)/t8-/m1/s1. The van der Waals surface area contributed by atoms with Crippen LogP contribution in [-0.4, -0.2) is 33.3 Å². The van der Waals surface area contributed by atoms with Crippen LogP contribution in [0.4, 0.5) is 4.79 Å². The number of aromatic nitrogens is 2. The van der Waals surface area contributed by atoms with E-state index in [0.717, 1.165) is 0 Å². The first kappa shape index (κ1) is 14.2. The van der Waals surface area contributed by atoms with Crippen molar-refractivity contribution < 1.29 is 14.3 Å². The summed E-state index contributed by atoms with van der Waals surface area (Å²) in [6.45, 7) is 6.88. The van der Waals surface area contributed by atoms with E-state index in [0.29, 0.717) is 5.69 Å². The Morgan fingerprint density at radius 2 is 2.06 bits per heavy atom. The zero-order valence-electron chi connectivity index (χ0n) is 11.4. The third kappa shape index (κ3) is 4.20. The molecule has 6 heteroatoms. The van der Waals surface area contributed by atoms with E-state index in [4.69, 9.17) is 4.74 Å². The van der Waals surface area contributed by atoms with Gasteiger partial charge in [0.05, 0.1) is 6.04 Å². The number of rotatable bonds is 3. The van der Waals surface area contributed by atoms with Gasteiger partial charge in [0.15, 0.2) is 0 Å². The van der Waals surface area contributed by atoms with Gasteiger partial charge < -0.3 is 10.1 Å². The SMILES string of the molecule is C[C@@H](NC(=O)OC(C)(C)C)C(=O)c1ccn(C)n1. The number of carbonyl (C=O) groups is 2. The molecule has 1 heterocycles. The maximum absolute atomic E-state index is 11.9. The number of ketones is 1. The first-order valence-electron chi connectivity index (χ1n) is 5.72. The van der Waals surface area contributed by atoms with Crippen molar-refractivity contribution in [2.75, 3.05) is 0 Å². The van der Waals surface area contributed by atoms with Gasteiger partial charge in [-0.15, -0.1) is 0 Å². The van der Waals surface area contributed by atoms with Gasteiger partial charge in [-0.1, -0.05) is 0 Å². The Morgan fingerprint density at radius 3 is 2.50 bits per heavy atom. The molecule has 0 aliphatic rings. The van der Waals surface area contributed by atoms with E-state index in [1.165, 1.54) is 4.68 Å². The van der Waals surface area contributed by atoms with E-state index in [9.17, 15) is 9.59 Å². The molecule has 18 heavy (non-hydrogen) atoms. The molecule has 6 nitrogen and oxygen atoms in total. The van der Waals surface area contributed by atoms with Crippen molar-refractivity contribution in [1.82, 2.24) is 15.1 Å². The highest BCUT2D eigenvalue weighted by Gasteiger charge is 2.22. The predicted molar refractivity (Wildman–Crippen MR) is 66.4 cm³/mol. The molecule has 0 radical (unpaired) electrons. The van der Waals surface area contributed by atoms with E-state index >= 15 is 0 Å². The number of aryl methyl sites for hydroxylation is 1. The van der Waals surface area contributed by atoms with E-state index in [1.54, 1.807) is 47.0 Å². The van der Waals surface area contributed by atoms with Gasteiger partial charge in [0.2, 0.25) is 5.78 Å². The summed E-state index contributed by atoms with van der Waals surface area (Å²) in [5, 5.41) is 6.47. The number of hydrogen-bond acceptors (Lipinski definition) is 4. The molecule has 0 saturated heterocycles. The molecule has 100 valence electrons. The third-order valence-corrected chi connectivity index (χ3v) is 2.09. The Hall–Kier alpha value is -1.85. The third-order valence-electron chi connectivity index (χ3n) is 2.09. The molecular formula is C12H19N3O3. The number of hydrogen-bond donors (Lipinski definition) is 1. The number of alkyl carbamates (subject to hydrolysis) is 1. The topological polar surface area (TPSA) is 73.2 Å². The molecule has 1 aromatic heterocycles. The molecule has 1 N–H and O–H groups in total. The Bertz CT molecular complexity index is 446. The van der Waals surface area contributed by atoms with Crippen LogP contribution >= 0.6 is 0 Å². The highest BCUT2D eigenvalue weighted by molar-refractivity contribution is 5.99. The van der Waals surface area contributed by atoms with Crippen LogP contribution in [-0.2, 0) is 11.8 Å². The summed E-state index contributed by atoms with van der Waals surface area (Å²) >= 11 is 0. The first-order valence-corrected chi connectivity index (χ1v) is 5.72. The van der Waals surface area contributed by atoms with Crippen molar-refractivity contribution in [3.05, 3.63) is 18.0 Å². The molecule has 1 rings (SSSR count). The summed E-state index contributed by atoms with van der Waals surface area (Å²) in [4.78, 5) is 23.4. The second kappa shape index (κ2) is 5.20. The van der Waals surface area contributed by atoms with Crippen molar-refractivity contribution in [3.63, 3.8) is 0 Å². The summed E-state index contributed by atoms with van der Waals surface area (Å²) in [6, 6.07) is 0.935. The average molecular weight is 253 g/mol. The molecule has 0 unspecified atom stereocenters. The van der Waals surface area contributed by atoms with Crippen molar-refractivity contribution in [2.24, 2.45) is 7.05 Å². The van der Waals surface area contributed by atoms with Crippen LogP contribution in [0.5, 0.6) is 0 Å². The van der Waals surface area contributed by atoms with Crippen LogP contribution in [0.1, 0.15) is 38.2 Å². The summed E-state index contributed by atoms with van der Waals surface area (Å²) in [5.41, 5.74) is -0.265. The summed E-state index contributed by atoms with van der Waals surface area (Å²) in [5.74, 6) is -0.249. The second-order valence-corrected chi connectivity index (χ2v) is 5.11. The molecule has 1 amide bonds. The molecule has 0 fully saturated rings. The van der Waals surface area contributed by atoms with Gasteiger partial charge in [-0.05, 0) is 33.8 Å². The second-order valence-electron chi connectivity index (χ2n) is 5.11. The van der Waals surface area contributed by atoms with Crippen molar-refractivity contribution in [1.29, 1.82) is 0 Å². The van der Waals surface area contributed by atoms with Gasteiger partial charge in [-0.2, -0.15) is 5.10 Å². The molecule has 0 bridgehead atoms. The number of amides is 1. The Balaban J connectivity index is 2.58. The summed E-state index contributed by atoms with van der Waals surface area (Å²) in [7, 11) is 1.72. The van der Waals surface area contributed by atoms with Crippen LogP contribution in [0, 0.1) is 0 Å². The summed E-state index contributed by atoms with van der Waals surface area (Å²) in [6.07, 6.45) is 1.06. The van der Waals surface area contributed by atoms with Gasteiger partial charge in [0.25, 0.3) is 0 Å². The molecule has 0 spiro atoms. The summed E-state index contributed by atoms with van der Waals surface area (Å²) < 4.78 is 6.61. The average Bonchev–Trinajstić information content (AvgIpc) is 2.60. The minimum absolute atomic E-state index is 0.249. The number of Topliss-reactive ketones (excluding diaryl/α,β-unsaturated/α-hetero) is 1. The zero-order chi connectivity index (χ0) is 13.9. The fourth-order valence-electron chi connectivity index (χ4n) is 1.32. The minimum atomic E-state index is -0.672. The lowest BCUT2D eigenvalue weighted by Gasteiger charge is -2.21. The largest absolute Gasteiger partial charge is 0.444 e.